The summed E-state index contributed by atoms with van der Waals surface area (Å²) in [5.41, 5.74) is 1.13. The maximum atomic E-state index is 12.8. The minimum Gasteiger partial charge on any atom is -0.493 e. The van der Waals surface area contributed by atoms with Gasteiger partial charge in [0.2, 0.25) is 5.91 Å². The molecule has 2 amide bonds. The van der Waals surface area contributed by atoms with E-state index < -0.39 is 11.9 Å². The number of ether oxygens (including phenoxy) is 2. The lowest BCUT2D eigenvalue weighted by molar-refractivity contribution is -0.124. The van der Waals surface area contributed by atoms with Crippen molar-refractivity contribution in [1.29, 1.82) is 0 Å². The topological polar surface area (TPSA) is 94.8 Å². The normalized spacial score (nSPS) is 12.3. The van der Waals surface area contributed by atoms with Crippen molar-refractivity contribution in [3.63, 3.8) is 0 Å². The van der Waals surface area contributed by atoms with Crippen molar-refractivity contribution in [3.05, 3.63) is 69.7 Å². The molecule has 3 rings (SSSR count). The largest absolute Gasteiger partial charge is 0.493 e. The number of aromatic nitrogens is 2. The fourth-order valence-corrected chi connectivity index (χ4v) is 3.81. The second-order valence-corrected chi connectivity index (χ2v) is 7.95. The zero-order chi connectivity index (χ0) is 22.4. The van der Waals surface area contributed by atoms with E-state index in [1.807, 2.05) is 31.3 Å². The summed E-state index contributed by atoms with van der Waals surface area (Å²) in [7, 11) is 3.03. The van der Waals surface area contributed by atoms with Gasteiger partial charge in [0, 0.05) is 22.8 Å². The Hall–Kier alpha value is -3.46. The molecule has 2 aromatic heterocycles. The Balaban J connectivity index is 1.82. The van der Waals surface area contributed by atoms with Crippen LogP contribution in [0, 0.1) is 6.92 Å². The molecule has 9 heteroatoms. The third-order valence-electron chi connectivity index (χ3n) is 4.59. The predicted octanol–water partition coefficient (Wildman–Crippen LogP) is 2.89. The Morgan fingerprint density at radius 1 is 1.19 bits per heavy atom. The number of thiazole rings is 1. The number of pyridine rings is 1. The number of aryl methyl sites for hydroxylation is 1. The van der Waals surface area contributed by atoms with E-state index in [4.69, 9.17) is 9.47 Å². The lowest BCUT2D eigenvalue weighted by Gasteiger charge is -2.13. The average molecular weight is 441 g/mol. The SMILES string of the molecule is COc1ccc(C(=O)N=c2sc(C)cn2[C@H](C)C(=O)NCc2ccccn2)cc1OC. The van der Waals surface area contributed by atoms with E-state index in [2.05, 4.69) is 15.3 Å². The van der Waals surface area contributed by atoms with Crippen LogP contribution >= 0.6 is 11.3 Å². The highest BCUT2D eigenvalue weighted by Crippen LogP contribution is 2.27. The Kier molecular flexibility index (Phi) is 7.19. The smallest absolute Gasteiger partial charge is 0.279 e. The number of nitrogens with zero attached hydrogens (tertiary/aromatic N) is 3. The van der Waals surface area contributed by atoms with Crippen molar-refractivity contribution in [3.8, 4) is 11.5 Å². The first-order valence-corrected chi connectivity index (χ1v) is 10.4. The summed E-state index contributed by atoms with van der Waals surface area (Å²) in [6.45, 7) is 3.99. The van der Waals surface area contributed by atoms with Crippen LogP contribution in [0.15, 0.2) is 53.8 Å². The Bertz CT molecular complexity index is 1140. The quantitative estimate of drug-likeness (QED) is 0.610. The van der Waals surface area contributed by atoms with Crippen LogP contribution in [0.25, 0.3) is 0 Å². The first-order valence-electron chi connectivity index (χ1n) is 9.60. The molecule has 0 unspecified atom stereocenters. The van der Waals surface area contributed by atoms with Gasteiger partial charge in [-0.15, -0.1) is 11.3 Å². The molecule has 31 heavy (non-hydrogen) atoms. The minimum absolute atomic E-state index is 0.191. The van der Waals surface area contributed by atoms with Crippen molar-refractivity contribution in [2.24, 2.45) is 4.99 Å². The first-order chi connectivity index (χ1) is 14.9. The maximum absolute atomic E-state index is 12.8. The van der Waals surface area contributed by atoms with Gasteiger partial charge in [0.1, 0.15) is 6.04 Å². The third kappa shape index (κ3) is 5.37. The summed E-state index contributed by atoms with van der Waals surface area (Å²) in [5, 5.41) is 2.87. The maximum Gasteiger partial charge on any atom is 0.279 e. The van der Waals surface area contributed by atoms with Crippen LogP contribution in [0.5, 0.6) is 11.5 Å². The summed E-state index contributed by atoms with van der Waals surface area (Å²) in [5.74, 6) is 0.349. The van der Waals surface area contributed by atoms with Gasteiger partial charge >= 0.3 is 0 Å². The Morgan fingerprint density at radius 2 is 1.97 bits per heavy atom. The van der Waals surface area contributed by atoms with Crippen molar-refractivity contribution in [1.82, 2.24) is 14.9 Å². The lowest BCUT2D eigenvalue weighted by Crippen LogP contribution is -2.34. The van der Waals surface area contributed by atoms with E-state index in [1.54, 1.807) is 35.9 Å². The number of benzene rings is 1. The number of carbonyl (C=O) groups is 2. The molecule has 0 saturated heterocycles. The van der Waals surface area contributed by atoms with Gasteiger partial charge in [-0.3, -0.25) is 14.6 Å². The van der Waals surface area contributed by atoms with E-state index in [1.165, 1.54) is 25.6 Å². The number of rotatable bonds is 7. The molecule has 0 aliphatic carbocycles. The molecular formula is C22H24N4O4S. The summed E-state index contributed by atoms with van der Waals surface area (Å²) in [4.78, 5) is 35.3. The summed E-state index contributed by atoms with van der Waals surface area (Å²) < 4.78 is 12.2. The molecule has 0 fully saturated rings. The summed E-state index contributed by atoms with van der Waals surface area (Å²) >= 11 is 1.34. The number of amides is 2. The molecule has 0 aliphatic heterocycles. The van der Waals surface area contributed by atoms with E-state index in [9.17, 15) is 9.59 Å². The lowest BCUT2D eigenvalue weighted by atomic mass is 10.2. The number of hydrogen-bond acceptors (Lipinski definition) is 6. The molecule has 0 aliphatic rings. The molecule has 1 N–H and O–H groups in total. The molecule has 1 aromatic carbocycles. The highest BCUT2D eigenvalue weighted by atomic mass is 32.1. The minimum atomic E-state index is -0.550. The van der Waals surface area contributed by atoms with Gasteiger partial charge in [-0.2, -0.15) is 4.99 Å². The van der Waals surface area contributed by atoms with Gasteiger partial charge in [-0.1, -0.05) is 6.07 Å². The highest BCUT2D eigenvalue weighted by molar-refractivity contribution is 7.09. The Labute approximate surface area is 184 Å². The fraction of sp³-hybridized carbons (Fsp3) is 0.273. The van der Waals surface area contributed by atoms with Gasteiger partial charge < -0.3 is 19.4 Å². The van der Waals surface area contributed by atoms with Crippen LogP contribution in [0.1, 0.15) is 33.9 Å². The second kappa shape index (κ2) is 10.0. The van der Waals surface area contributed by atoms with Crippen LogP contribution in [0.4, 0.5) is 0 Å². The Morgan fingerprint density at radius 3 is 2.65 bits per heavy atom. The van der Waals surface area contributed by atoms with Crippen molar-refractivity contribution in [2.45, 2.75) is 26.4 Å². The molecular weight excluding hydrogens is 416 g/mol. The van der Waals surface area contributed by atoms with E-state index in [0.29, 0.717) is 28.4 Å². The van der Waals surface area contributed by atoms with Gasteiger partial charge in [0.15, 0.2) is 16.3 Å². The zero-order valence-electron chi connectivity index (χ0n) is 17.8. The van der Waals surface area contributed by atoms with E-state index >= 15 is 0 Å². The van der Waals surface area contributed by atoms with E-state index in [0.717, 1.165) is 10.6 Å². The molecule has 0 saturated carbocycles. The third-order valence-corrected chi connectivity index (χ3v) is 5.50. The van der Waals surface area contributed by atoms with Crippen LogP contribution in [0.2, 0.25) is 0 Å². The molecule has 1 atom stereocenters. The monoisotopic (exact) mass is 440 g/mol. The summed E-state index contributed by atoms with van der Waals surface area (Å²) in [6, 6.07) is 9.84. The van der Waals surface area contributed by atoms with Crippen LogP contribution in [-0.4, -0.2) is 35.6 Å². The van der Waals surface area contributed by atoms with Crippen LogP contribution in [0.3, 0.4) is 0 Å². The predicted molar refractivity (Wildman–Crippen MR) is 117 cm³/mol. The second-order valence-electron chi connectivity index (χ2n) is 6.73. The van der Waals surface area contributed by atoms with Crippen molar-refractivity contribution >= 4 is 23.2 Å². The van der Waals surface area contributed by atoms with Crippen LogP contribution < -0.4 is 19.6 Å². The van der Waals surface area contributed by atoms with Gasteiger partial charge in [0.05, 0.1) is 26.5 Å². The first kappa shape index (κ1) is 22.2. The fourth-order valence-electron chi connectivity index (χ4n) is 2.91. The molecule has 3 aromatic rings. The average Bonchev–Trinajstić information content (AvgIpc) is 3.16. The van der Waals surface area contributed by atoms with Gasteiger partial charge in [-0.05, 0) is 44.2 Å². The number of methoxy groups -OCH3 is 2. The van der Waals surface area contributed by atoms with Gasteiger partial charge in [0.25, 0.3) is 5.91 Å². The molecule has 162 valence electrons. The van der Waals surface area contributed by atoms with Gasteiger partial charge in [-0.25, -0.2) is 0 Å². The number of carbonyl (C=O) groups excluding carboxylic acids is 2. The zero-order valence-corrected chi connectivity index (χ0v) is 18.6. The highest BCUT2D eigenvalue weighted by Gasteiger charge is 2.18. The van der Waals surface area contributed by atoms with Crippen LogP contribution in [-0.2, 0) is 11.3 Å². The molecule has 0 radical (unpaired) electrons. The molecule has 0 spiro atoms. The standard InChI is InChI=1S/C22H24N4O4S/c1-14-13-26(15(2)20(27)24-12-17-7-5-6-10-23-17)22(31-14)25-21(28)16-8-9-18(29-3)19(11-16)30-4/h5-11,13,15H,12H2,1-4H3,(H,24,27)/t15-/m1/s1. The van der Waals surface area contributed by atoms with Crippen molar-refractivity contribution < 1.29 is 19.1 Å². The van der Waals surface area contributed by atoms with E-state index in [-0.39, 0.29) is 5.91 Å². The van der Waals surface area contributed by atoms with Crippen molar-refractivity contribution in [2.75, 3.05) is 14.2 Å². The summed E-state index contributed by atoms with van der Waals surface area (Å²) in [6.07, 6.45) is 3.50. The number of nitrogens with one attached hydrogen (secondary N) is 1. The molecule has 8 nitrogen and oxygen atoms in total. The number of hydrogen-bond donors (Lipinski definition) is 1. The molecule has 2 heterocycles. The molecule has 0 bridgehead atoms.